The fourth-order valence-electron chi connectivity index (χ4n) is 4.04. The Morgan fingerprint density at radius 2 is 1.81 bits per heavy atom. The Kier molecular flexibility index (Phi) is 5.68. The summed E-state index contributed by atoms with van der Waals surface area (Å²) in [6.45, 7) is 3.99. The normalized spacial score (nSPS) is 19.2. The number of ether oxygens (including phenoxy) is 1. The summed E-state index contributed by atoms with van der Waals surface area (Å²) in [6.07, 6.45) is 2.74. The number of carboxylic acid groups (broad SMARTS) is 1. The Labute approximate surface area is 158 Å². The number of piperidine rings is 2. The Morgan fingerprint density at radius 3 is 2.41 bits per heavy atom. The first-order chi connectivity index (χ1) is 12.9. The first-order valence-electron chi connectivity index (χ1n) is 9.44. The standard InChI is InChI=1S/C20H26N2O5/c1-2-27-16-5-3-15(4-6-16)19(26)21-11-9-20(10-12-21)8-7-17(23)22(14-20)13-18(24)25/h3-6H,2,7-14H2,1H3,(H,24,25). The lowest BCUT2D eigenvalue weighted by molar-refractivity contribution is -0.149. The van der Waals surface area contributed by atoms with E-state index in [2.05, 4.69) is 0 Å². The van der Waals surface area contributed by atoms with E-state index in [0.717, 1.165) is 25.0 Å². The second kappa shape index (κ2) is 7.98. The van der Waals surface area contributed by atoms with E-state index in [0.29, 0.717) is 38.2 Å². The highest BCUT2D eigenvalue weighted by Gasteiger charge is 2.42. The van der Waals surface area contributed by atoms with Crippen LogP contribution in [0.2, 0.25) is 0 Å². The highest BCUT2D eigenvalue weighted by Crippen LogP contribution is 2.40. The maximum absolute atomic E-state index is 12.7. The number of likely N-dealkylation sites (tertiary alicyclic amines) is 2. The monoisotopic (exact) mass is 374 g/mol. The third-order valence-electron chi connectivity index (χ3n) is 5.60. The molecule has 0 aromatic heterocycles. The Balaban J connectivity index is 1.60. The van der Waals surface area contributed by atoms with Crippen LogP contribution in [0.15, 0.2) is 24.3 Å². The predicted molar refractivity (Wildman–Crippen MR) is 98.6 cm³/mol. The number of carbonyl (C=O) groups excluding carboxylic acids is 2. The molecule has 2 aliphatic rings. The molecule has 7 nitrogen and oxygen atoms in total. The van der Waals surface area contributed by atoms with Gasteiger partial charge in [-0.05, 0) is 55.9 Å². The molecule has 146 valence electrons. The van der Waals surface area contributed by atoms with Gasteiger partial charge in [0.2, 0.25) is 5.91 Å². The largest absolute Gasteiger partial charge is 0.494 e. The number of hydrogen-bond acceptors (Lipinski definition) is 4. The van der Waals surface area contributed by atoms with Crippen LogP contribution in [0.5, 0.6) is 5.75 Å². The van der Waals surface area contributed by atoms with Crippen LogP contribution in [-0.4, -0.2) is 65.5 Å². The number of nitrogens with zero attached hydrogens (tertiary/aromatic N) is 2. The minimum absolute atomic E-state index is 0.00202. The van der Waals surface area contributed by atoms with E-state index in [4.69, 9.17) is 9.84 Å². The topological polar surface area (TPSA) is 87.2 Å². The first kappa shape index (κ1) is 19.2. The molecule has 2 fully saturated rings. The minimum atomic E-state index is -0.983. The van der Waals surface area contributed by atoms with Crippen LogP contribution in [0, 0.1) is 5.41 Å². The molecule has 7 heteroatoms. The van der Waals surface area contributed by atoms with Gasteiger partial charge >= 0.3 is 5.97 Å². The number of hydrogen-bond donors (Lipinski definition) is 1. The molecular weight excluding hydrogens is 348 g/mol. The molecule has 1 spiro atoms. The lowest BCUT2D eigenvalue weighted by Gasteiger charge is -2.47. The van der Waals surface area contributed by atoms with Crippen molar-refractivity contribution in [2.24, 2.45) is 5.41 Å². The number of carbonyl (C=O) groups is 3. The lowest BCUT2D eigenvalue weighted by atomic mass is 9.72. The summed E-state index contributed by atoms with van der Waals surface area (Å²) in [5.74, 6) is -0.321. The molecule has 0 bridgehead atoms. The van der Waals surface area contributed by atoms with Crippen LogP contribution in [0.1, 0.15) is 43.0 Å². The average molecular weight is 374 g/mol. The van der Waals surface area contributed by atoms with Gasteiger partial charge < -0.3 is 19.6 Å². The summed E-state index contributed by atoms with van der Waals surface area (Å²) in [5, 5.41) is 9.01. The van der Waals surface area contributed by atoms with Crippen LogP contribution < -0.4 is 4.74 Å². The van der Waals surface area contributed by atoms with Crippen LogP contribution in [0.4, 0.5) is 0 Å². The van der Waals surface area contributed by atoms with Crippen LogP contribution in [-0.2, 0) is 9.59 Å². The quantitative estimate of drug-likeness (QED) is 0.852. The van der Waals surface area contributed by atoms with Gasteiger partial charge in [-0.25, -0.2) is 0 Å². The first-order valence-corrected chi connectivity index (χ1v) is 9.44. The molecule has 0 radical (unpaired) electrons. The summed E-state index contributed by atoms with van der Waals surface area (Å²) < 4.78 is 5.41. The minimum Gasteiger partial charge on any atom is -0.494 e. The highest BCUT2D eigenvalue weighted by molar-refractivity contribution is 5.94. The SMILES string of the molecule is CCOc1ccc(C(=O)N2CCC3(CCC(=O)N(CC(=O)O)C3)CC2)cc1. The van der Waals surface area contributed by atoms with Gasteiger partial charge in [-0.3, -0.25) is 14.4 Å². The lowest BCUT2D eigenvalue weighted by Crippen LogP contribution is -2.53. The van der Waals surface area contributed by atoms with Gasteiger partial charge in [0, 0.05) is 31.6 Å². The molecule has 0 atom stereocenters. The Hall–Kier alpha value is -2.57. The van der Waals surface area contributed by atoms with Gasteiger partial charge in [-0.1, -0.05) is 0 Å². The van der Waals surface area contributed by atoms with Crippen molar-refractivity contribution < 1.29 is 24.2 Å². The van der Waals surface area contributed by atoms with Crippen molar-refractivity contribution in [2.75, 3.05) is 32.8 Å². The predicted octanol–water partition coefficient (Wildman–Crippen LogP) is 2.01. The molecule has 2 heterocycles. The van der Waals surface area contributed by atoms with Gasteiger partial charge in [-0.2, -0.15) is 0 Å². The van der Waals surface area contributed by atoms with E-state index in [9.17, 15) is 14.4 Å². The number of carboxylic acids is 1. The fourth-order valence-corrected chi connectivity index (χ4v) is 4.04. The Morgan fingerprint density at radius 1 is 1.15 bits per heavy atom. The van der Waals surface area contributed by atoms with Crippen LogP contribution in [0.25, 0.3) is 0 Å². The zero-order valence-corrected chi connectivity index (χ0v) is 15.6. The maximum Gasteiger partial charge on any atom is 0.323 e. The summed E-state index contributed by atoms with van der Waals surface area (Å²) in [4.78, 5) is 39.0. The number of rotatable bonds is 5. The highest BCUT2D eigenvalue weighted by atomic mass is 16.5. The Bertz CT molecular complexity index is 708. The molecule has 0 unspecified atom stereocenters. The third kappa shape index (κ3) is 4.40. The van der Waals surface area contributed by atoms with Crippen LogP contribution >= 0.6 is 0 Å². The second-order valence-electron chi connectivity index (χ2n) is 7.39. The van der Waals surface area contributed by atoms with Gasteiger partial charge in [-0.15, -0.1) is 0 Å². The number of aliphatic carboxylic acids is 1. The van der Waals surface area contributed by atoms with Crippen molar-refractivity contribution in [1.82, 2.24) is 9.80 Å². The maximum atomic E-state index is 12.7. The molecule has 1 aromatic rings. The molecule has 1 N–H and O–H groups in total. The molecule has 1 aromatic carbocycles. The molecule has 2 saturated heterocycles. The van der Waals surface area contributed by atoms with E-state index in [-0.39, 0.29) is 23.8 Å². The number of benzene rings is 1. The van der Waals surface area contributed by atoms with E-state index < -0.39 is 5.97 Å². The average Bonchev–Trinajstić information content (AvgIpc) is 2.66. The number of amides is 2. The van der Waals surface area contributed by atoms with Gasteiger partial charge in [0.25, 0.3) is 5.91 Å². The van der Waals surface area contributed by atoms with Crippen LogP contribution in [0.3, 0.4) is 0 Å². The summed E-state index contributed by atoms with van der Waals surface area (Å²) in [6, 6.07) is 7.18. The van der Waals surface area contributed by atoms with Crippen molar-refractivity contribution in [2.45, 2.75) is 32.6 Å². The van der Waals surface area contributed by atoms with E-state index >= 15 is 0 Å². The van der Waals surface area contributed by atoms with Crippen molar-refractivity contribution in [3.05, 3.63) is 29.8 Å². The smallest absolute Gasteiger partial charge is 0.323 e. The molecule has 2 amide bonds. The summed E-state index contributed by atoms with van der Waals surface area (Å²) in [5.41, 5.74) is 0.569. The summed E-state index contributed by atoms with van der Waals surface area (Å²) >= 11 is 0. The molecule has 3 rings (SSSR count). The van der Waals surface area contributed by atoms with E-state index in [1.54, 1.807) is 24.3 Å². The molecular formula is C20H26N2O5. The molecule has 0 saturated carbocycles. The zero-order chi connectivity index (χ0) is 19.4. The van der Waals surface area contributed by atoms with E-state index in [1.807, 2.05) is 11.8 Å². The van der Waals surface area contributed by atoms with Gasteiger partial charge in [0.15, 0.2) is 0 Å². The second-order valence-corrected chi connectivity index (χ2v) is 7.39. The zero-order valence-electron chi connectivity index (χ0n) is 15.6. The van der Waals surface area contributed by atoms with Crippen molar-refractivity contribution in [1.29, 1.82) is 0 Å². The summed E-state index contributed by atoms with van der Waals surface area (Å²) in [7, 11) is 0. The van der Waals surface area contributed by atoms with Crippen molar-refractivity contribution >= 4 is 17.8 Å². The molecule has 27 heavy (non-hydrogen) atoms. The third-order valence-corrected chi connectivity index (χ3v) is 5.60. The fraction of sp³-hybridized carbons (Fsp3) is 0.550. The van der Waals surface area contributed by atoms with Gasteiger partial charge in [0.1, 0.15) is 12.3 Å². The van der Waals surface area contributed by atoms with E-state index in [1.165, 1.54) is 4.90 Å². The van der Waals surface area contributed by atoms with Gasteiger partial charge in [0.05, 0.1) is 6.61 Å². The van der Waals surface area contributed by atoms with Crippen molar-refractivity contribution in [3.8, 4) is 5.75 Å². The molecule has 0 aliphatic carbocycles. The molecule has 2 aliphatic heterocycles. The van der Waals surface area contributed by atoms with Crippen molar-refractivity contribution in [3.63, 3.8) is 0 Å².